The molecular formula is C13H27. The van der Waals surface area contributed by atoms with Gasteiger partial charge in [0.15, 0.2) is 0 Å². The molecule has 1 radical (unpaired) electrons. The summed E-state index contributed by atoms with van der Waals surface area (Å²) >= 11 is 0. The molecule has 1 unspecified atom stereocenters. The molecule has 79 valence electrons. The summed E-state index contributed by atoms with van der Waals surface area (Å²) in [6.45, 7) is 10.9. The third-order valence-corrected chi connectivity index (χ3v) is 2.63. The van der Waals surface area contributed by atoms with Gasteiger partial charge in [-0.15, -0.1) is 0 Å². The summed E-state index contributed by atoms with van der Waals surface area (Å²) in [7, 11) is 0. The lowest BCUT2D eigenvalue weighted by molar-refractivity contribution is 0.348. The van der Waals surface area contributed by atoms with Gasteiger partial charge < -0.3 is 0 Å². The first-order chi connectivity index (χ1) is 6.20. The van der Waals surface area contributed by atoms with E-state index in [0.29, 0.717) is 0 Å². The first kappa shape index (κ1) is 13.0. The van der Waals surface area contributed by atoms with Crippen LogP contribution in [0.5, 0.6) is 0 Å². The van der Waals surface area contributed by atoms with Crippen molar-refractivity contribution in [2.45, 2.75) is 65.7 Å². The molecule has 0 saturated heterocycles. The Morgan fingerprint density at radius 1 is 1.08 bits per heavy atom. The highest BCUT2D eigenvalue weighted by atomic mass is 14.1. The largest absolute Gasteiger partial charge is 0.0654 e. The van der Waals surface area contributed by atoms with Crippen molar-refractivity contribution in [1.29, 1.82) is 0 Å². The summed E-state index contributed by atoms with van der Waals surface area (Å²) in [5.41, 5.74) is 0. The van der Waals surface area contributed by atoms with E-state index in [1.807, 2.05) is 0 Å². The molecule has 0 rings (SSSR count). The minimum atomic E-state index is 0.867. The molecule has 13 heavy (non-hydrogen) atoms. The number of unbranched alkanes of at least 4 members (excludes halogenated alkanes) is 2. The van der Waals surface area contributed by atoms with Gasteiger partial charge in [-0.05, 0) is 18.3 Å². The number of hydrogen-bond acceptors (Lipinski definition) is 0. The van der Waals surface area contributed by atoms with Crippen molar-refractivity contribution in [3.63, 3.8) is 0 Å². The molecule has 0 heteroatoms. The van der Waals surface area contributed by atoms with Crippen LogP contribution in [0.25, 0.3) is 0 Å². The molecule has 1 atom stereocenters. The SMILES string of the molecule is [CH2]CCCC(CCCC)CC(C)C. The van der Waals surface area contributed by atoms with E-state index in [9.17, 15) is 0 Å². The quantitative estimate of drug-likeness (QED) is 0.505. The maximum Gasteiger partial charge on any atom is -0.0412 e. The summed E-state index contributed by atoms with van der Waals surface area (Å²) in [6, 6.07) is 0. The normalized spacial score (nSPS) is 11.5. The highest BCUT2D eigenvalue weighted by molar-refractivity contribution is 4.62. The molecule has 0 bridgehead atoms. The second-order valence-electron chi connectivity index (χ2n) is 4.63. The molecular weight excluding hydrogens is 156 g/mol. The summed E-state index contributed by atoms with van der Waals surface area (Å²) in [5, 5.41) is 0. The first-order valence-electron chi connectivity index (χ1n) is 5.99. The van der Waals surface area contributed by atoms with E-state index < -0.39 is 0 Å². The molecule has 0 nitrogen and oxygen atoms in total. The van der Waals surface area contributed by atoms with Crippen LogP contribution in [0.3, 0.4) is 0 Å². The fraction of sp³-hybridized carbons (Fsp3) is 0.923. The molecule has 0 amide bonds. The van der Waals surface area contributed by atoms with Gasteiger partial charge in [0.1, 0.15) is 0 Å². The van der Waals surface area contributed by atoms with Crippen molar-refractivity contribution >= 4 is 0 Å². The van der Waals surface area contributed by atoms with E-state index in [2.05, 4.69) is 27.7 Å². The van der Waals surface area contributed by atoms with Crippen LogP contribution in [0.15, 0.2) is 0 Å². The summed E-state index contributed by atoms with van der Waals surface area (Å²) < 4.78 is 0. The van der Waals surface area contributed by atoms with Crippen LogP contribution in [0.4, 0.5) is 0 Å². The molecule has 0 aromatic rings. The van der Waals surface area contributed by atoms with Crippen LogP contribution in [-0.4, -0.2) is 0 Å². The topological polar surface area (TPSA) is 0 Å². The monoisotopic (exact) mass is 183 g/mol. The van der Waals surface area contributed by atoms with E-state index in [1.54, 1.807) is 0 Å². The van der Waals surface area contributed by atoms with Gasteiger partial charge in [-0.1, -0.05) is 66.2 Å². The van der Waals surface area contributed by atoms with Crippen molar-refractivity contribution in [2.24, 2.45) is 11.8 Å². The fourth-order valence-corrected chi connectivity index (χ4v) is 1.97. The van der Waals surface area contributed by atoms with E-state index in [-0.39, 0.29) is 0 Å². The van der Waals surface area contributed by atoms with Gasteiger partial charge >= 0.3 is 0 Å². The predicted octanol–water partition coefficient (Wildman–Crippen LogP) is 4.84. The van der Waals surface area contributed by atoms with Crippen LogP contribution < -0.4 is 0 Å². The van der Waals surface area contributed by atoms with Crippen molar-refractivity contribution < 1.29 is 0 Å². The smallest absolute Gasteiger partial charge is 0.0412 e. The Bertz CT molecular complexity index is 86.2. The molecule has 0 saturated carbocycles. The lowest BCUT2D eigenvalue weighted by Gasteiger charge is -2.18. The summed E-state index contributed by atoms with van der Waals surface area (Å²) in [5.74, 6) is 1.84. The van der Waals surface area contributed by atoms with Crippen molar-refractivity contribution in [2.75, 3.05) is 0 Å². The standard InChI is InChI=1S/C13H27/c1-5-7-9-13(10-8-6-2)11-12(3)4/h12-13H,1,5-11H2,2-4H3. The Balaban J connectivity index is 3.60. The van der Waals surface area contributed by atoms with Gasteiger partial charge in [0, 0.05) is 0 Å². The van der Waals surface area contributed by atoms with E-state index in [1.165, 1.54) is 38.5 Å². The molecule has 0 aromatic carbocycles. The molecule has 0 heterocycles. The third kappa shape index (κ3) is 8.33. The van der Waals surface area contributed by atoms with Crippen molar-refractivity contribution in [3.8, 4) is 0 Å². The van der Waals surface area contributed by atoms with Gasteiger partial charge in [-0.25, -0.2) is 0 Å². The Hall–Kier alpha value is 0. The zero-order chi connectivity index (χ0) is 10.1. The lowest BCUT2D eigenvalue weighted by Crippen LogP contribution is -2.04. The maximum atomic E-state index is 3.92. The lowest BCUT2D eigenvalue weighted by atomic mass is 9.88. The zero-order valence-electron chi connectivity index (χ0n) is 9.81. The maximum absolute atomic E-state index is 3.92. The van der Waals surface area contributed by atoms with Gasteiger partial charge in [-0.2, -0.15) is 0 Å². The molecule has 0 fully saturated rings. The average Bonchev–Trinajstić information content (AvgIpc) is 2.09. The molecule has 0 aromatic heterocycles. The Labute approximate surface area is 85.1 Å². The minimum absolute atomic E-state index is 0.867. The molecule has 0 aliphatic rings. The van der Waals surface area contributed by atoms with E-state index in [0.717, 1.165) is 18.3 Å². The Kier molecular flexibility index (Phi) is 8.59. The second kappa shape index (κ2) is 8.59. The van der Waals surface area contributed by atoms with E-state index in [4.69, 9.17) is 0 Å². The van der Waals surface area contributed by atoms with Gasteiger partial charge in [0.05, 0.1) is 0 Å². The van der Waals surface area contributed by atoms with Crippen LogP contribution in [0.1, 0.15) is 65.7 Å². The first-order valence-corrected chi connectivity index (χ1v) is 5.99. The summed E-state index contributed by atoms with van der Waals surface area (Å²) in [6.07, 6.45) is 9.45. The summed E-state index contributed by atoms with van der Waals surface area (Å²) in [4.78, 5) is 0. The number of rotatable bonds is 8. The minimum Gasteiger partial charge on any atom is -0.0654 e. The van der Waals surface area contributed by atoms with Crippen molar-refractivity contribution in [3.05, 3.63) is 6.92 Å². The van der Waals surface area contributed by atoms with Gasteiger partial charge in [0.2, 0.25) is 0 Å². The Morgan fingerprint density at radius 2 is 1.69 bits per heavy atom. The van der Waals surface area contributed by atoms with Crippen LogP contribution >= 0.6 is 0 Å². The van der Waals surface area contributed by atoms with Gasteiger partial charge in [0.25, 0.3) is 0 Å². The fourth-order valence-electron chi connectivity index (χ4n) is 1.97. The number of hydrogen-bond donors (Lipinski definition) is 0. The Morgan fingerprint density at radius 3 is 2.15 bits per heavy atom. The second-order valence-corrected chi connectivity index (χ2v) is 4.63. The van der Waals surface area contributed by atoms with Crippen molar-refractivity contribution in [1.82, 2.24) is 0 Å². The van der Waals surface area contributed by atoms with Crippen LogP contribution in [0, 0.1) is 18.8 Å². The molecule has 0 N–H and O–H groups in total. The molecule has 0 aliphatic carbocycles. The van der Waals surface area contributed by atoms with Crippen LogP contribution in [0.2, 0.25) is 0 Å². The predicted molar refractivity (Wildman–Crippen MR) is 61.7 cm³/mol. The highest BCUT2D eigenvalue weighted by Gasteiger charge is 2.09. The zero-order valence-corrected chi connectivity index (χ0v) is 9.81. The highest BCUT2D eigenvalue weighted by Crippen LogP contribution is 2.23. The van der Waals surface area contributed by atoms with Crippen LogP contribution in [-0.2, 0) is 0 Å². The third-order valence-electron chi connectivity index (χ3n) is 2.63. The van der Waals surface area contributed by atoms with E-state index >= 15 is 0 Å². The molecule has 0 aliphatic heterocycles. The molecule has 0 spiro atoms. The van der Waals surface area contributed by atoms with Gasteiger partial charge in [-0.3, -0.25) is 0 Å². The average molecular weight is 183 g/mol.